The van der Waals surface area contributed by atoms with E-state index in [9.17, 15) is 0 Å². The Kier molecular flexibility index (Phi) is 1.53. The fourth-order valence-electron chi connectivity index (χ4n) is 0. The molecule has 0 radical (unpaired) electrons. The van der Waals surface area contributed by atoms with Crippen LogP contribution in [-0.4, -0.2) is 4.89 Å². The van der Waals surface area contributed by atoms with Gasteiger partial charge in [-0.05, 0) is 0 Å². The van der Waals surface area contributed by atoms with Crippen molar-refractivity contribution in [3.05, 3.63) is 0 Å². The minimum Gasteiger partial charge on any atom is -0.197 e. The number of hydrogen-bond acceptors (Lipinski definition) is 3. The molecule has 3 nitrogen and oxygen atoms in total. The third-order valence-electron chi connectivity index (χ3n) is 0. The highest BCUT2D eigenvalue weighted by Gasteiger charge is 2.17. The summed E-state index contributed by atoms with van der Waals surface area (Å²) in [5, 5.41) is 0. The molecule has 0 saturated carbocycles. The van der Waals surface area contributed by atoms with E-state index in [2.05, 4.69) is 11.0 Å². The van der Waals surface area contributed by atoms with Gasteiger partial charge in [0.05, 0.1) is 0 Å². The van der Waals surface area contributed by atoms with Crippen LogP contribution in [0.1, 0.15) is 0 Å². The SMILES string of the molecule is N[P+](N)(O)Cl. The van der Waals surface area contributed by atoms with Gasteiger partial charge >= 0.3 is 7.14 Å². The van der Waals surface area contributed by atoms with Gasteiger partial charge in [0.1, 0.15) is 0 Å². The Morgan fingerprint density at radius 2 is 1.60 bits per heavy atom. The normalized spacial score (nSPS) is 12.0. The molecule has 5 heteroatoms. The molecule has 0 spiro atoms. The van der Waals surface area contributed by atoms with Crippen molar-refractivity contribution in [3.8, 4) is 0 Å². The van der Waals surface area contributed by atoms with Gasteiger partial charge in [-0.2, -0.15) is 4.89 Å². The van der Waals surface area contributed by atoms with Gasteiger partial charge < -0.3 is 0 Å². The van der Waals surface area contributed by atoms with Crippen LogP contribution in [0.15, 0.2) is 0 Å². The van der Waals surface area contributed by atoms with Crippen LogP contribution in [-0.2, 0) is 0 Å². The van der Waals surface area contributed by atoms with Crippen molar-refractivity contribution in [2.75, 3.05) is 0 Å². The average Bonchev–Trinajstić information content (AvgIpc) is 0.722. The lowest BCUT2D eigenvalue weighted by Gasteiger charge is -1.87. The fraction of sp³-hybridized carbons (Fsp3) is 0. The van der Waals surface area contributed by atoms with Crippen molar-refractivity contribution >= 4 is 18.4 Å². The second-order valence-electron chi connectivity index (χ2n) is 0.651. The monoisotopic (exact) mass is 115 g/mol. The molecule has 0 aliphatic heterocycles. The maximum Gasteiger partial charge on any atom is 0.379 e. The zero-order valence-electron chi connectivity index (χ0n) is 2.43. The first-order valence-corrected chi connectivity index (χ1v) is 3.67. The van der Waals surface area contributed by atoms with E-state index in [0.717, 1.165) is 0 Å². The molecule has 32 valence electrons. The summed E-state index contributed by atoms with van der Waals surface area (Å²) >= 11 is 4.75. The predicted octanol–water partition coefficient (Wildman–Crippen LogP) is -0.188. The first-order chi connectivity index (χ1) is 2.00. The highest BCUT2D eigenvalue weighted by molar-refractivity contribution is 7.90. The first kappa shape index (κ1) is 5.60. The molecule has 5 N–H and O–H groups in total. The van der Waals surface area contributed by atoms with Crippen LogP contribution in [0.3, 0.4) is 0 Å². The van der Waals surface area contributed by atoms with Crippen molar-refractivity contribution < 1.29 is 4.89 Å². The van der Waals surface area contributed by atoms with Crippen LogP contribution >= 0.6 is 18.4 Å². The molecule has 0 aromatic carbocycles. The van der Waals surface area contributed by atoms with E-state index in [0.29, 0.717) is 0 Å². The zero-order valence-corrected chi connectivity index (χ0v) is 4.08. The summed E-state index contributed by atoms with van der Waals surface area (Å²) in [6.45, 7) is 0. The summed E-state index contributed by atoms with van der Waals surface area (Å²) in [7, 11) is -2.92. The Morgan fingerprint density at radius 1 is 1.60 bits per heavy atom. The predicted molar refractivity (Wildman–Crippen MR) is 23.4 cm³/mol. The quantitative estimate of drug-likeness (QED) is 0.383. The second kappa shape index (κ2) is 1.37. The van der Waals surface area contributed by atoms with Crippen LogP contribution in [0.25, 0.3) is 0 Å². The van der Waals surface area contributed by atoms with Gasteiger partial charge in [0.15, 0.2) is 11.2 Å². The highest BCUT2D eigenvalue weighted by atomic mass is 35.7. The molecule has 0 rings (SSSR count). The van der Waals surface area contributed by atoms with Crippen molar-refractivity contribution in [2.45, 2.75) is 0 Å². The summed E-state index contributed by atoms with van der Waals surface area (Å²) in [4.78, 5) is 7.95. The van der Waals surface area contributed by atoms with Gasteiger partial charge in [-0.1, -0.05) is 0 Å². The van der Waals surface area contributed by atoms with E-state index in [4.69, 9.17) is 16.1 Å². The third-order valence-corrected chi connectivity index (χ3v) is 0. The Labute approximate surface area is 35.2 Å². The summed E-state index contributed by atoms with van der Waals surface area (Å²) in [5.74, 6) is 0. The van der Waals surface area contributed by atoms with Gasteiger partial charge in [-0.25, -0.2) is 0 Å². The fourth-order valence-corrected chi connectivity index (χ4v) is 0. The number of rotatable bonds is 0. The molecule has 0 aromatic rings. The summed E-state index contributed by atoms with van der Waals surface area (Å²) < 4.78 is 0. The molecule has 0 heterocycles. The lowest BCUT2D eigenvalue weighted by Crippen LogP contribution is -2.04. The van der Waals surface area contributed by atoms with E-state index in [-0.39, 0.29) is 0 Å². The maximum atomic E-state index is 7.95. The smallest absolute Gasteiger partial charge is 0.197 e. The van der Waals surface area contributed by atoms with Crippen LogP contribution in [0.5, 0.6) is 0 Å². The third kappa shape index (κ3) is 86.4. The van der Waals surface area contributed by atoms with Gasteiger partial charge in [0.25, 0.3) is 0 Å². The molecular weight excluding hydrogens is 110 g/mol. The maximum absolute atomic E-state index is 7.95. The van der Waals surface area contributed by atoms with Crippen molar-refractivity contribution in [2.24, 2.45) is 11.0 Å². The van der Waals surface area contributed by atoms with Crippen molar-refractivity contribution in [1.82, 2.24) is 0 Å². The molecule has 0 aliphatic carbocycles. The highest BCUT2D eigenvalue weighted by Crippen LogP contribution is 2.40. The minimum absolute atomic E-state index is 2.92. The summed E-state index contributed by atoms with van der Waals surface area (Å²) in [6, 6.07) is 0. The lowest BCUT2D eigenvalue weighted by atomic mass is 13.9. The summed E-state index contributed by atoms with van der Waals surface area (Å²) in [6.07, 6.45) is 0. The largest absolute Gasteiger partial charge is 0.379 e. The van der Waals surface area contributed by atoms with Crippen molar-refractivity contribution in [3.63, 3.8) is 0 Å². The van der Waals surface area contributed by atoms with Crippen LogP contribution in [0.2, 0.25) is 0 Å². The Bertz CT molecular complexity index is 25.1. The molecule has 0 aromatic heterocycles. The number of hydrogen-bond donors (Lipinski definition) is 3. The first-order valence-electron chi connectivity index (χ1n) is 0.885. The van der Waals surface area contributed by atoms with E-state index in [1.807, 2.05) is 0 Å². The molecule has 5 heavy (non-hydrogen) atoms. The molecule has 0 saturated heterocycles. The zero-order chi connectivity index (χ0) is 4.50. The second-order valence-corrected chi connectivity index (χ2v) is 3.58. The lowest BCUT2D eigenvalue weighted by molar-refractivity contribution is 0.620. The van der Waals surface area contributed by atoms with Crippen LogP contribution in [0, 0.1) is 0 Å². The van der Waals surface area contributed by atoms with Gasteiger partial charge in [0.2, 0.25) is 0 Å². The summed E-state index contributed by atoms with van der Waals surface area (Å²) in [5.41, 5.74) is 9.13. The Hall–Kier alpha value is 0.600. The topological polar surface area (TPSA) is 72.3 Å². The van der Waals surface area contributed by atoms with Crippen LogP contribution < -0.4 is 11.0 Å². The van der Waals surface area contributed by atoms with E-state index < -0.39 is 7.14 Å². The number of nitrogens with two attached hydrogens (primary N) is 2. The average molecular weight is 115 g/mol. The van der Waals surface area contributed by atoms with Crippen LogP contribution in [0.4, 0.5) is 0 Å². The van der Waals surface area contributed by atoms with E-state index >= 15 is 0 Å². The van der Waals surface area contributed by atoms with Gasteiger partial charge in [-0.15, -0.1) is 11.0 Å². The van der Waals surface area contributed by atoms with E-state index in [1.54, 1.807) is 0 Å². The standard InChI is InChI=1S/ClH5N2OP/c1-5(2,3)4/h4H,2-3H2/q+1. The molecule has 0 aliphatic rings. The minimum atomic E-state index is -2.92. The number of halogens is 1. The van der Waals surface area contributed by atoms with E-state index in [1.165, 1.54) is 0 Å². The Morgan fingerprint density at radius 3 is 1.60 bits per heavy atom. The van der Waals surface area contributed by atoms with Crippen molar-refractivity contribution in [1.29, 1.82) is 0 Å². The molecule has 0 fully saturated rings. The molecule has 0 amide bonds. The Balaban J connectivity index is 3.02. The van der Waals surface area contributed by atoms with Gasteiger partial charge in [-0.3, -0.25) is 0 Å². The molecule has 0 atom stereocenters. The molecule has 0 bridgehead atoms. The molecule has 0 unspecified atom stereocenters. The van der Waals surface area contributed by atoms with Gasteiger partial charge in [0, 0.05) is 0 Å². The molecular formula is H5ClN2OP+.